The number of aromatic hydroxyl groups is 1. The van der Waals surface area contributed by atoms with Crippen LogP contribution in [-0.4, -0.2) is 10.2 Å². The minimum absolute atomic E-state index is 0.259. The molecule has 0 saturated heterocycles. The van der Waals surface area contributed by atoms with E-state index in [1.165, 1.54) is 19.3 Å². The Labute approximate surface area is 90.6 Å². The molecular formula is C13H18O2. The molecule has 1 atom stereocenters. The lowest BCUT2D eigenvalue weighted by atomic mass is 9.83. The van der Waals surface area contributed by atoms with Crippen LogP contribution in [0.3, 0.4) is 0 Å². The van der Waals surface area contributed by atoms with Crippen molar-refractivity contribution < 1.29 is 10.2 Å². The molecule has 15 heavy (non-hydrogen) atoms. The Morgan fingerprint density at radius 2 is 1.60 bits per heavy atom. The van der Waals surface area contributed by atoms with Gasteiger partial charge in [-0.2, -0.15) is 0 Å². The van der Waals surface area contributed by atoms with Crippen molar-refractivity contribution >= 4 is 0 Å². The number of hydrogen-bond donors (Lipinski definition) is 2. The second-order valence-electron chi connectivity index (χ2n) is 4.43. The average molecular weight is 206 g/mol. The minimum atomic E-state index is -0.356. The van der Waals surface area contributed by atoms with Gasteiger partial charge in [-0.1, -0.05) is 31.4 Å². The lowest BCUT2D eigenvalue weighted by molar-refractivity contribution is 0.0848. The van der Waals surface area contributed by atoms with Crippen LogP contribution in [0.5, 0.6) is 5.75 Å². The summed E-state index contributed by atoms with van der Waals surface area (Å²) in [5.74, 6) is 0.665. The normalized spacial score (nSPS) is 20.1. The third-order valence-electron chi connectivity index (χ3n) is 3.33. The first-order valence-corrected chi connectivity index (χ1v) is 5.74. The molecule has 1 aliphatic rings. The Balaban J connectivity index is 2.05. The van der Waals surface area contributed by atoms with Gasteiger partial charge < -0.3 is 10.2 Å². The summed E-state index contributed by atoms with van der Waals surface area (Å²) in [4.78, 5) is 0. The second kappa shape index (κ2) is 4.67. The van der Waals surface area contributed by atoms with Gasteiger partial charge >= 0.3 is 0 Å². The predicted molar refractivity (Wildman–Crippen MR) is 59.6 cm³/mol. The predicted octanol–water partition coefficient (Wildman–Crippen LogP) is 3.01. The van der Waals surface area contributed by atoms with Crippen LogP contribution in [0.1, 0.15) is 43.8 Å². The quantitative estimate of drug-likeness (QED) is 0.781. The molecule has 2 heteroatoms. The van der Waals surface area contributed by atoms with E-state index in [1.54, 1.807) is 12.1 Å². The first kappa shape index (κ1) is 10.5. The average Bonchev–Trinajstić information content (AvgIpc) is 2.30. The van der Waals surface area contributed by atoms with Crippen molar-refractivity contribution in [1.29, 1.82) is 0 Å². The summed E-state index contributed by atoms with van der Waals surface area (Å²) in [5.41, 5.74) is 0.930. The highest BCUT2D eigenvalue weighted by Gasteiger charge is 2.22. The van der Waals surface area contributed by atoms with Gasteiger partial charge in [-0.15, -0.1) is 0 Å². The van der Waals surface area contributed by atoms with Crippen LogP contribution in [0.25, 0.3) is 0 Å². The van der Waals surface area contributed by atoms with Crippen molar-refractivity contribution in [2.75, 3.05) is 0 Å². The Morgan fingerprint density at radius 3 is 2.20 bits per heavy atom. The molecule has 2 N–H and O–H groups in total. The zero-order chi connectivity index (χ0) is 10.7. The van der Waals surface area contributed by atoms with Crippen LogP contribution in [-0.2, 0) is 0 Å². The van der Waals surface area contributed by atoms with E-state index in [0.29, 0.717) is 5.92 Å². The van der Waals surface area contributed by atoms with Gasteiger partial charge in [0.2, 0.25) is 0 Å². The molecule has 0 aromatic heterocycles. The summed E-state index contributed by atoms with van der Waals surface area (Å²) in [5, 5.41) is 19.3. The first-order valence-electron chi connectivity index (χ1n) is 5.74. The van der Waals surface area contributed by atoms with Gasteiger partial charge in [0.15, 0.2) is 0 Å². The van der Waals surface area contributed by atoms with Crippen LogP contribution in [0.15, 0.2) is 24.3 Å². The summed E-state index contributed by atoms with van der Waals surface area (Å²) in [6.07, 6.45) is 5.67. The molecule has 1 saturated carbocycles. The van der Waals surface area contributed by atoms with E-state index < -0.39 is 0 Å². The summed E-state index contributed by atoms with van der Waals surface area (Å²) >= 11 is 0. The fraction of sp³-hybridized carbons (Fsp3) is 0.538. The van der Waals surface area contributed by atoms with Crippen molar-refractivity contribution in [3.8, 4) is 5.75 Å². The molecule has 1 aliphatic carbocycles. The summed E-state index contributed by atoms with van der Waals surface area (Å²) in [7, 11) is 0. The zero-order valence-electron chi connectivity index (χ0n) is 8.89. The van der Waals surface area contributed by atoms with E-state index in [9.17, 15) is 5.11 Å². The molecule has 0 bridgehead atoms. The van der Waals surface area contributed by atoms with Crippen molar-refractivity contribution in [1.82, 2.24) is 0 Å². The van der Waals surface area contributed by atoms with Crippen LogP contribution < -0.4 is 0 Å². The van der Waals surface area contributed by atoms with Crippen LogP contribution in [0.4, 0.5) is 0 Å². The molecule has 1 aromatic rings. The molecule has 82 valence electrons. The summed E-state index contributed by atoms with van der Waals surface area (Å²) in [6, 6.07) is 6.91. The second-order valence-corrected chi connectivity index (χ2v) is 4.43. The Morgan fingerprint density at radius 1 is 1.00 bits per heavy atom. The molecule has 2 rings (SSSR count). The van der Waals surface area contributed by atoms with E-state index in [4.69, 9.17) is 5.11 Å². The number of phenols is 1. The highest BCUT2D eigenvalue weighted by Crippen LogP contribution is 2.34. The van der Waals surface area contributed by atoms with Gasteiger partial charge in [-0.05, 0) is 36.5 Å². The SMILES string of the molecule is Oc1ccc([C@@H](O)C2CCCCC2)cc1. The molecule has 1 aromatic carbocycles. The van der Waals surface area contributed by atoms with Crippen LogP contribution in [0.2, 0.25) is 0 Å². The lowest BCUT2D eigenvalue weighted by Crippen LogP contribution is -2.15. The van der Waals surface area contributed by atoms with Gasteiger partial charge in [0.25, 0.3) is 0 Å². The molecule has 1 fully saturated rings. The number of benzene rings is 1. The molecular weight excluding hydrogens is 188 g/mol. The molecule has 0 unspecified atom stereocenters. The number of hydrogen-bond acceptors (Lipinski definition) is 2. The Bertz CT molecular complexity index is 299. The number of phenolic OH excluding ortho intramolecular Hbond substituents is 1. The highest BCUT2D eigenvalue weighted by atomic mass is 16.3. The third kappa shape index (κ3) is 2.51. The zero-order valence-corrected chi connectivity index (χ0v) is 8.89. The van der Waals surface area contributed by atoms with E-state index in [1.807, 2.05) is 12.1 Å². The molecule has 0 amide bonds. The van der Waals surface area contributed by atoms with Gasteiger partial charge in [-0.25, -0.2) is 0 Å². The van der Waals surface area contributed by atoms with Gasteiger partial charge in [0.1, 0.15) is 5.75 Å². The van der Waals surface area contributed by atoms with Gasteiger partial charge in [0.05, 0.1) is 6.10 Å². The topological polar surface area (TPSA) is 40.5 Å². The number of aliphatic hydroxyl groups is 1. The maximum absolute atomic E-state index is 10.2. The van der Waals surface area contributed by atoms with E-state index >= 15 is 0 Å². The van der Waals surface area contributed by atoms with Crippen molar-refractivity contribution in [3.05, 3.63) is 29.8 Å². The summed E-state index contributed by atoms with van der Waals surface area (Å²) < 4.78 is 0. The van der Waals surface area contributed by atoms with E-state index in [-0.39, 0.29) is 11.9 Å². The highest BCUT2D eigenvalue weighted by molar-refractivity contribution is 5.27. The maximum Gasteiger partial charge on any atom is 0.115 e. The Hall–Kier alpha value is -1.02. The standard InChI is InChI=1S/C13H18O2/c14-12-8-6-11(7-9-12)13(15)10-4-2-1-3-5-10/h6-10,13-15H,1-5H2/t13-/m0/s1. The number of aliphatic hydroxyl groups excluding tert-OH is 1. The first-order chi connectivity index (χ1) is 7.27. The van der Waals surface area contributed by atoms with E-state index in [0.717, 1.165) is 18.4 Å². The summed E-state index contributed by atoms with van der Waals surface area (Å²) in [6.45, 7) is 0. The molecule has 0 aliphatic heterocycles. The fourth-order valence-electron chi connectivity index (χ4n) is 2.39. The van der Waals surface area contributed by atoms with Crippen molar-refractivity contribution in [2.24, 2.45) is 5.92 Å². The van der Waals surface area contributed by atoms with E-state index in [2.05, 4.69) is 0 Å². The maximum atomic E-state index is 10.2. The molecule has 2 nitrogen and oxygen atoms in total. The van der Waals surface area contributed by atoms with Gasteiger partial charge in [0, 0.05) is 0 Å². The van der Waals surface area contributed by atoms with Crippen molar-refractivity contribution in [2.45, 2.75) is 38.2 Å². The molecule has 0 spiro atoms. The molecule has 0 heterocycles. The van der Waals surface area contributed by atoms with Crippen LogP contribution in [0, 0.1) is 5.92 Å². The van der Waals surface area contributed by atoms with Crippen LogP contribution >= 0.6 is 0 Å². The molecule has 0 radical (unpaired) electrons. The monoisotopic (exact) mass is 206 g/mol. The largest absolute Gasteiger partial charge is 0.508 e. The smallest absolute Gasteiger partial charge is 0.115 e. The van der Waals surface area contributed by atoms with Gasteiger partial charge in [-0.3, -0.25) is 0 Å². The third-order valence-corrected chi connectivity index (χ3v) is 3.33. The minimum Gasteiger partial charge on any atom is -0.508 e. The number of rotatable bonds is 2. The lowest BCUT2D eigenvalue weighted by Gasteiger charge is -2.26. The Kier molecular flexibility index (Phi) is 3.27. The fourth-order valence-corrected chi connectivity index (χ4v) is 2.39. The van der Waals surface area contributed by atoms with Crippen molar-refractivity contribution in [3.63, 3.8) is 0 Å².